The number of para-hydroxylation sites is 1. The van der Waals surface area contributed by atoms with Gasteiger partial charge in [0, 0.05) is 36.6 Å². The summed E-state index contributed by atoms with van der Waals surface area (Å²) in [6.07, 6.45) is 3.58. The fourth-order valence-corrected chi connectivity index (χ4v) is 4.46. The summed E-state index contributed by atoms with van der Waals surface area (Å²) in [6, 6.07) is 16.1. The Labute approximate surface area is 201 Å². The van der Waals surface area contributed by atoms with Crippen molar-refractivity contribution >= 4 is 17.5 Å². The first-order valence-electron chi connectivity index (χ1n) is 12.2. The van der Waals surface area contributed by atoms with Crippen molar-refractivity contribution in [1.82, 2.24) is 20.3 Å². The Bertz CT molecular complexity index is 1170. The SMILES string of the molecule is CCCCCn1nnc2c1-c1ccccc1N(C(=O)CCC(=O)NC(C)C)Cc1ccccc1-2. The molecular formula is C27H33N5O2. The molecule has 1 aromatic heterocycles. The predicted molar refractivity (Wildman–Crippen MR) is 134 cm³/mol. The van der Waals surface area contributed by atoms with E-state index in [1.54, 1.807) is 0 Å². The molecule has 1 aliphatic rings. The molecule has 0 unspecified atom stereocenters. The van der Waals surface area contributed by atoms with Crippen LogP contribution in [0.5, 0.6) is 0 Å². The van der Waals surface area contributed by atoms with Gasteiger partial charge in [0.15, 0.2) is 0 Å². The van der Waals surface area contributed by atoms with E-state index >= 15 is 0 Å². The smallest absolute Gasteiger partial charge is 0.227 e. The summed E-state index contributed by atoms with van der Waals surface area (Å²) < 4.78 is 1.98. The highest BCUT2D eigenvalue weighted by Crippen LogP contribution is 2.41. The minimum absolute atomic E-state index is 0.0517. The molecule has 0 saturated carbocycles. The molecule has 2 heterocycles. The van der Waals surface area contributed by atoms with Gasteiger partial charge in [0.1, 0.15) is 5.69 Å². The number of carbonyl (C=O) groups is 2. The molecule has 0 bridgehead atoms. The lowest BCUT2D eigenvalue weighted by molar-refractivity contribution is -0.125. The minimum atomic E-state index is -0.107. The van der Waals surface area contributed by atoms with Crippen molar-refractivity contribution in [2.75, 3.05) is 4.90 Å². The molecule has 178 valence electrons. The first-order valence-corrected chi connectivity index (χ1v) is 12.2. The molecule has 0 aliphatic carbocycles. The van der Waals surface area contributed by atoms with E-state index in [2.05, 4.69) is 22.6 Å². The second kappa shape index (κ2) is 10.6. The van der Waals surface area contributed by atoms with E-state index in [4.69, 9.17) is 0 Å². The van der Waals surface area contributed by atoms with E-state index in [1.165, 1.54) is 0 Å². The van der Waals surface area contributed by atoms with E-state index in [0.29, 0.717) is 6.54 Å². The van der Waals surface area contributed by atoms with E-state index in [-0.39, 0.29) is 30.7 Å². The summed E-state index contributed by atoms with van der Waals surface area (Å²) in [4.78, 5) is 27.5. The van der Waals surface area contributed by atoms with E-state index in [0.717, 1.165) is 59.6 Å². The standard InChI is InChI=1S/C27H33N5O2/c1-4-5-10-17-32-27-22-13-8-9-14-23(22)31(25(34)16-15-24(33)28-19(2)3)18-20-11-6-7-12-21(20)26(27)29-30-32/h6-9,11-14,19H,4-5,10,15-18H2,1-3H3,(H,28,33). The van der Waals surface area contributed by atoms with Crippen LogP contribution in [0, 0.1) is 0 Å². The molecular weight excluding hydrogens is 426 g/mol. The van der Waals surface area contributed by atoms with E-state index in [9.17, 15) is 9.59 Å². The number of unbranched alkanes of at least 4 members (excludes halogenated alkanes) is 2. The zero-order chi connectivity index (χ0) is 24.1. The van der Waals surface area contributed by atoms with Crippen LogP contribution in [0.25, 0.3) is 22.5 Å². The number of benzene rings is 2. The number of hydrogen-bond donors (Lipinski definition) is 1. The minimum Gasteiger partial charge on any atom is -0.354 e. The number of fused-ring (bicyclic) bond motifs is 5. The fourth-order valence-electron chi connectivity index (χ4n) is 4.46. The van der Waals surface area contributed by atoms with Crippen LogP contribution in [0.3, 0.4) is 0 Å². The second-order valence-electron chi connectivity index (χ2n) is 9.09. The van der Waals surface area contributed by atoms with Crippen molar-refractivity contribution < 1.29 is 9.59 Å². The highest BCUT2D eigenvalue weighted by atomic mass is 16.2. The van der Waals surface area contributed by atoms with Gasteiger partial charge in [-0.05, 0) is 31.9 Å². The molecule has 1 N–H and O–H groups in total. The Morgan fingerprint density at radius 3 is 2.50 bits per heavy atom. The van der Waals surface area contributed by atoms with Gasteiger partial charge >= 0.3 is 0 Å². The molecule has 3 aromatic rings. The second-order valence-corrected chi connectivity index (χ2v) is 9.09. The van der Waals surface area contributed by atoms with Crippen LogP contribution in [0.15, 0.2) is 48.5 Å². The third-order valence-corrected chi connectivity index (χ3v) is 6.08. The van der Waals surface area contributed by atoms with Crippen LogP contribution in [0.1, 0.15) is 58.4 Å². The van der Waals surface area contributed by atoms with E-state index in [1.807, 2.05) is 72.0 Å². The van der Waals surface area contributed by atoms with Crippen molar-refractivity contribution in [3.05, 3.63) is 54.1 Å². The lowest BCUT2D eigenvalue weighted by atomic mass is 9.95. The monoisotopic (exact) mass is 459 g/mol. The van der Waals surface area contributed by atoms with Crippen molar-refractivity contribution in [2.24, 2.45) is 0 Å². The molecule has 0 radical (unpaired) electrons. The molecule has 2 aromatic carbocycles. The number of anilines is 1. The number of rotatable bonds is 8. The maximum Gasteiger partial charge on any atom is 0.227 e. The van der Waals surface area contributed by atoms with Gasteiger partial charge in [0.05, 0.1) is 17.9 Å². The lowest BCUT2D eigenvalue weighted by Gasteiger charge is -2.29. The van der Waals surface area contributed by atoms with Crippen LogP contribution in [0.2, 0.25) is 0 Å². The number of nitrogens with zero attached hydrogens (tertiary/aromatic N) is 4. The normalized spacial score (nSPS) is 12.4. The summed E-state index contributed by atoms with van der Waals surface area (Å²) in [5, 5.41) is 12.0. The van der Waals surface area contributed by atoms with Gasteiger partial charge in [-0.3, -0.25) is 9.59 Å². The molecule has 0 saturated heterocycles. The van der Waals surface area contributed by atoms with Crippen LogP contribution in [-0.2, 0) is 22.7 Å². The first kappa shape index (κ1) is 23.7. The summed E-state index contributed by atoms with van der Waals surface area (Å²) in [6.45, 7) is 7.21. The topological polar surface area (TPSA) is 80.1 Å². The number of aromatic nitrogens is 3. The Balaban J connectivity index is 1.76. The Hall–Kier alpha value is -3.48. The summed E-state index contributed by atoms with van der Waals surface area (Å²) in [7, 11) is 0. The maximum atomic E-state index is 13.5. The highest BCUT2D eigenvalue weighted by molar-refractivity contribution is 6.01. The van der Waals surface area contributed by atoms with Gasteiger partial charge in [-0.2, -0.15) is 0 Å². The summed E-state index contributed by atoms with van der Waals surface area (Å²) in [5.74, 6) is -0.181. The number of nitrogens with one attached hydrogen (secondary N) is 1. The summed E-state index contributed by atoms with van der Waals surface area (Å²) in [5.41, 5.74) is 5.56. The molecule has 0 spiro atoms. The first-order chi connectivity index (χ1) is 16.5. The number of aryl methyl sites for hydroxylation is 1. The van der Waals surface area contributed by atoms with Crippen molar-refractivity contribution in [2.45, 2.75) is 72.0 Å². The predicted octanol–water partition coefficient (Wildman–Crippen LogP) is 4.95. The van der Waals surface area contributed by atoms with Gasteiger partial charge < -0.3 is 10.2 Å². The third kappa shape index (κ3) is 5.03. The Morgan fingerprint density at radius 2 is 1.74 bits per heavy atom. The van der Waals surface area contributed by atoms with Crippen molar-refractivity contribution in [3.8, 4) is 22.5 Å². The van der Waals surface area contributed by atoms with Crippen LogP contribution >= 0.6 is 0 Å². The molecule has 7 heteroatoms. The maximum absolute atomic E-state index is 13.5. The van der Waals surface area contributed by atoms with Crippen LogP contribution in [0.4, 0.5) is 5.69 Å². The Kier molecular flexibility index (Phi) is 7.40. The lowest BCUT2D eigenvalue weighted by Crippen LogP contribution is -2.34. The molecule has 2 amide bonds. The van der Waals surface area contributed by atoms with Crippen LogP contribution < -0.4 is 10.2 Å². The molecule has 7 nitrogen and oxygen atoms in total. The van der Waals surface area contributed by atoms with Crippen molar-refractivity contribution in [3.63, 3.8) is 0 Å². The molecule has 4 rings (SSSR count). The van der Waals surface area contributed by atoms with Crippen LogP contribution in [-0.4, -0.2) is 32.9 Å². The quantitative estimate of drug-likeness (QED) is 0.483. The number of carbonyl (C=O) groups excluding carboxylic acids is 2. The van der Waals surface area contributed by atoms with Gasteiger partial charge in [0.2, 0.25) is 11.8 Å². The zero-order valence-corrected chi connectivity index (χ0v) is 20.3. The molecule has 34 heavy (non-hydrogen) atoms. The van der Waals surface area contributed by atoms with Gasteiger partial charge in [-0.1, -0.05) is 67.4 Å². The average molecular weight is 460 g/mol. The zero-order valence-electron chi connectivity index (χ0n) is 20.3. The Morgan fingerprint density at radius 1 is 1.00 bits per heavy atom. The average Bonchev–Trinajstić information content (AvgIpc) is 3.23. The van der Waals surface area contributed by atoms with Gasteiger partial charge in [0.25, 0.3) is 0 Å². The molecule has 1 aliphatic heterocycles. The van der Waals surface area contributed by atoms with E-state index < -0.39 is 0 Å². The third-order valence-electron chi connectivity index (χ3n) is 6.08. The largest absolute Gasteiger partial charge is 0.354 e. The van der Waals surface area contributed by atoms with Crippen molar-refractivity contribution in [1.29, 1.82) is 0 Å². The highest BCUT2D eigenvalue weighted by Gasteiger charge is 2.29. The molecule has 0 atom stereocenters. The summed E-state index contributed by atoms with van der Waals surface area (Å²) >= 11 is 0. The molecule has 0 fully saturated rings. The number of hydrogen-bond acceptors (Lipinski definition) is 4. The fraction of sp³-hybridized carbons (Fsp3) is 0.407. The number of amides is 2. The van der Waals surface area contributed by atoms with Gasteiger partial charge in [-0.15, -0.1) is 5.10 Å². The van der Waals surface area contributed by atoms with Gasteiger partial charge in [-0.25, -0.2) is 4.68 Å².